The number of rotatable bonds is 3. The Bertz CT molecular complexity index is 696. The van der Waals surface area contributed by atoms with Gasteiger partial charge < -0.3 is 5.11 Å². The fourth-order valence-electron chi connectivity index (χ4n) is 1.47. The van der Waals surface area contributed by atoms with Crippen molar-refractivity contribution >= 4 is 38.9 Å². The predicted molar refractivity (Wildman–Crippen MR) is 75.4 cm³/mol. The van der Waals surface area contributed by atoms with Crippen LogP contribution in [-0.2, 0) is 10.0 Å². The molecule has 2 aromatic rings. The molecule has 2 N–H and O–H groups in total. The van der Waals surface area contributed by atoms with Crippen molar-refractivity contribution in [3.8, 4) is 5.75 Å². The molecule has 0 unspecified atom stereocenters. The van der Waals surface area contributed by atoms with Crippen LogP contribution in [0, 0.1) is 0 Å². The first-order valence-electron chi connectivity index (χ1n) is 5.15. The monoisotopic (exact) mass is 317 g/mol. The van der Waals surface area contributed by atoms with E-state index in [-0.39, 0.29) is 26.4 Å². The smallest absolute Gasteiger partial charge is 0.261 e. The van der Waals surface area contributed by atoms with Crippen LogP contribution in [0.5, 0.6) is 5.75 Å². The lowest BCUT2D eigenvalue weighted by atomic mass is 10.3. The molecule has 19 heavy (non-hydrogen) atoms. The van der Waals surface area contributed by atoms with E-state index in [0.717, 1.165) is 0 Å². The molecule has 0 spiro atoms. The van der Waals surface area contributed by atoms with E-state index in [2.05, 4.69) is 4.72 Å². The zero-order valence-electron chi connectivity index (χ0n) is 9.47. The van der Waals surface area contributed by atoms with Gasteiger partial charge in [0.2, 0.25) is 0 Å². The largest absolute Gasteiger partial charge is 0.508 e. The highest BCUT2D eigenvalue weighted by atomic mass is 35.5. The molecule has 2 aromatic carbocycles. The summed E-state index contributed by atoms with van der Waals surface area (Å²) < 4.78 is 26.5. The van der Waals surface area contributed by atoms with E-state index in [4.69, 9.17) is 23.2 Å². The van der Waals surface area contributed by atoms with Crippen LogP contribution in [0.4, 0.5) is 5.69 Å². The van der Waals surface area contributed by atoms with Crippen LogP contribution in [0.25, 0.3) is 0 Å². The number of benzene rings is 2. The lowest BCUT2D eigenvalue weighted by Gasteiger charge is -2.09. The molecule has 0 atom stereocenters. The van der Waals surface area contributed by atoms with Gasteiger partial charge in [-0.15, -0.1) is 0 Å². The van der Waals surface area contributed by atoms with Gasteiger partial charge in [0.15, 0.2) is 0 Å². The second-order valence-corrected chi connectivity index (χ2v) is 6.32. The topological polar surface area (TPSA) is 66.4 Å². The number of nitrogens with one attached hydrogen (secondary N) is 1. The number of hydrogen-bond donors (Lipinski definition) is 2. The third kappa shape index (κ3) is 3.53. The highest BCUT2D eigenvalue weighted by Crippen LogP contribution is 2.25. The average molecular weight is 318 g/mol. The number of aromatic hydroxyl groups is 1. The van der Waals surface area contributed by atoms with E-state index in [9.17, 15) is 13.5 Å². The summed E-state index contributed by atoms with van der Waals surface area (Å²) in [6.45, 7) is 0. The summed E-state index contributed by atoms with van der Waals surface area (Å²) in [5.74, 6) is -0.0377. The van der Waals surface area contributed by atoms with Gasteiger partial charge in [-0.3, -0.25) is 4.72 Å². The summed E-state index contributed by atoms with van der Waals surface area (Å²) in [5, 5.41) is 9.74. The van der Waals surface area contributed by atoms with E-state index < -0.39 is 10.0 Å². The second kappa shape index (κ2) is 5.28. The van der Waals surface area contributed by atoms with Gasteiger partial charge in [-0.2, -0.15) is 0 Å². The molecule has 0 aliphatic heterocycles. The van der Waals surface area contributed by atoms with Crippen LogP contribution in [0.3, 0.4) is 0 Å². The Labute approximate surface area is 120 Å². The van der Waals surface area contributed by atoms with Gasteiger partial charge in [0.25, 0.3) is 10.0 Å². The van der Waals surface area contributed by atoms with Crippen molar-refractivity contribution in [3.05, 3.63) is 52.5 Å². The normalized spacial score (nSPS) is 11.3. The quantitative estimate of drug-likeness (QED) is 0.910. The molecule has 0 radical (unpaired) electrons. The summed E-state index contributed by atoms with van der Waals surface area (Å²) in [6, 6.07) is 9.80. The van der Waals surface area contributed by atoms with Crippen molar-refractivity contribution in [2.24, 2.45) is 0 Å². The predicted octanol–water partition coefficient (Wildman–Crippen LogP) is 3.50. The van der Waals surface area contributed by atoms with E-state index in [1.807, 2.05) is 0 Å². The van der Waals surface area contributed by atoms with Crippen molar-refractivity contribution in [1.82, 2.24) is 0 Å². The molecule has 0 saturated carbocycles. The SMILES string of the molecule is O=S(=O)(Nc1cccc(O)c1)c1cc(Cl)cc(Cl)c1. The summed E-state index contributed by atoms with van der Waals surface area (Å²) in [7, 11) is -3.81. The van der Waals surface area contributed by atoms with Gasteiger partial charge in [-0.25, -0.2) is 8.42 Å². The van der Waals surface area contributed by atoms with Gasteiger partial charge in [-0.1, -0.05) is 29.3 Å². The fourth-order valence-corrected chi connectivity index (χ4v) is 3.24. The lowest BCUT2D eigenvalue weighted by molar-refractivity contribution is 0.475. The number of halogens is 2. The van der Waals surface area contributed by atoms with Crippen molar-refractivity contribution in [2.45, 2.75) is 4.90 Å². The third-order valence-corrected chi connectivity index (χ3v) is 4.04. The highest BCUT2D eigenvalue weighted by molar-refractivity contribution is 7.92. The zero-order chi connectivity index (χ0) is 14.0. The zero-order valence-corrected chi connectivity index (χ0v) is 11.8. The molecular weight excluding hydrogens is 309 g/mol. The van der Waals surface area contributed by atoms with Crippen molar-refractivity contribution in [3.63, 3.8) is 0 Å². The Morgan fingerprint density at radius 1 is 1.00 bits per heavy atom. The van der Waals surface area contributed by atoms with Gasteiger partial charge >= 0.3 is 0 Å². The summed E-state index contributed by atoms with van der Waals surface area (Å²) >= 11 is 11.5. The Hall–Kier alpha value is -1.43. The van der Waals surface area contributed by atoms with Crippen LogP contribution >= 0.6 is 23.2 Å². The van der Waals surface area contributed by atoms with Crippen LogP contribution in [-0.4, -0.2) is 13.5 Å². The maximum absolute atomic E-state index is 12.1. The molecule has 0 bridgehead atoms. The third-order valence-electron chi connectivity index (χ3n) is 2.24. The van der Waals surface area contributed by atoms with Gasteiger partial charge in [-0.05, 0) is 30.3 Å². The Morgan fingerprint density at radius 2 is 1.63 bits per heavy atom. The Kier molecular flexibility index (Phi) is 3.89. The van der Waals surface area contributed by atoms with Gasteiger partial charge in [0.1, 0.15) is 5.75 Å². The van der Waals surface area contributed by atoms with Gasteiger partial charge in [0, 0.05) is 16.1 Å². The van der Waals surface area contributed by atoms with Gasteiger partial charge in [0.05, 0.1) is 10.6 Å². The van der Waals surface area contributed by atoms with Crippen molar-refractivity contribution < 1.29 is 13.5 Å². The van der Waals surface area contributed by atoms with Crippen molar-refractivity contribution in [2.75, 3.05) is 4.72 Å². The molecule has 0 amide bonds. The van der Waals surface area contributed by atoms with Crippen LogP contribution in [0.15, 0.2) is 47.4 Å². The average Bonchev–Trinajstić information content (AvgIpc) is 2.26. The minimum Gasteiger partial charge on any atom is -0.508 e. The number of sulfonamides is 1. The maximum atomic E-state index is 12.1. The van der Waals surface area contributed by atoms with E-state index in [0.29, 0.717) is 0 Å². The van der Waals surface area contributed by atoms with Crippen LogP contribution < -0.4 is 4.72 Å². The molecule has 0 aliphatic carbocycles. The molecule has 0 saturated heterocycles. The minimum atomic E-state index is -3.81. The first-order valence-corrected chi connectivity index (χ1v) is 7.39. The number of anilines is 1. The molecule has 0 aliphatic rings. The number of phenols is 1. The second-order valence-electron chi connectivity index (χ2n) is 3.76. The van der Waals surface area contributed by atoms with E-state index in [1.54, 1.807) is 0 Å². The van der Waals surface area contributed by atoms with Crippen molar-refractivity contribution in [1.29, 1.82) is 0 Å². The Morgan fingerprint density at radius 3 is 2.21 bits per heavy atom. The van der Waals surface area contributed by atoms with Crippen LogP contribution in [0.2, 0.25) is 10.0 Å². The molecule has 0 fully saturated rings. The molecule has 7 heteroatoms. The molecule has 0 heterocycles. The molecule has 2 rings (SSSR count). The summed E-state index contributed by atoms with van der Waals surface area (Å²) in [6.07, 6.45) is 0. The molecule has 4 nitrogen and oxygen atoms in total. The summed E-state index contributed by atoms with van der Waals surface area (Å²) in [5.41, 5.74) is 0.246. The number of phenolic OH excluding ortho intramolecular Hbond substituents is 1. The fraction of sp³-hybridized carbons (Fsp3) is 0. The number of hydrogen-bond acceptors (Lipinski definition) is 3. The maximum Gasteiger partial charge on any atom is 0.261 e. The molecule has 100 valence electrons. The highest BCUT2D eigenvalue weighted by Gasteiger charge is 2.15. The standard InChI is InChI=1S/C12H9Cl2NO3S/c13-8-4-9(14)6-12(5-8)19(17,18)15-10-2-1-3-11(16)7-10/h1-7,15-16H. The van der Waals surface area contributed by atoms with E-state index >= 15 is 0 Å². The van der Waals surface area contributed by atoms with E-state index in [1.165, 1.54) is 42.5 Å². The molecular formula is C12H9Cl2NO3S. The van der Waals surface area contributed by atoms with Crippen LogP contribution in [0.1, 0.15) is 0 Å². The minimum absolute atomic E-state index is 0.0377. The summed E-state index contributed by atoms with van der Waals surface area (Å²) in [4.78, 5) is -0.0478. The molecule has 0 aromatic heterocycles. The first-order chi connectivity index (χ1) is 8.87. The Balaban J connectivity index is 2.37. The first kappa shape index (κ1) is 14.0. The lowest BCUT2D eigenvalue weighted by Crippen LogP contribution is -2.12.